The standard InChI is InChI=1S/C22H22I2N2O/c1-25(2)15-16-27-22-13-11-21(12-14-22)26(19-7-3-17(23)4-8-19)20-9-5-18(24)6-10-20/h3-14H,15-16H2,1-2H3. The highest BCUT2D eigenvalue weighted by Crippen LogP contribution is 2.35. The number of halogens is 2. The maximum Gasteiger partial charge on any atom is 0.119 e. The van der Waals surface area contributed by atoms with Gasteiger partial charge in [-0.05, 0) is 132 Å². The fourth-order valence-electron chi connectivity index (χ4n) is 2.67. The first kappa shape index (κ1) is 20.4. The Labute approximate surface area is 188 Å². The molecule has 0 unspecified atom stereocenters. The van der Waals surface area contributed by atoms with Crippen molar-refractivity contribution in [2.45, 2.75) is 0 Å². The van der Waals surface area contributed by atoms with Crippen molar-refractivity contribution in [3.8, 4) is 5.75 Å². The molecule has 0 radical (unpaired) electrons. The number of rotatable bonds is 7. The normalized spacial score (nSPS) is 10.9. The van der Waals surface area contributed by atoms with Gasteiger partial charge in [0.2, 0.25) is 0 Å². The van der Waals surface area contributed by atoms with Crippen molar-refractivity contribution in [2.24, 2.45) is 0 Å². The summed E-state index contributed by atoms with van der Waals surface area (Å²) in [6.45, 7) is 1.59. The van der Waals surface area contributed by atoms with Crippen molar-refractivity contribution < 1.29 is 4.74 Å². The highest BCUT2D eigenvalue weighted by molar-refractivity contribution is 14.1. The van der Waals surface area contributed by atoms with E-state index in [0.29, 0.717) is 6.61 Å². The number of benzene rings is 3. The molecule has 0 aliphatic rings. The average molecular weight is 584 g/mol. The van der Waals surface area contributed by atoms with Gasteiger partial charge in [-0.15, -0.1) is 0 Å². The van der Waals surface area contributed by atoms with Crippen LogP contribution >= 0.6 is 45.2 Å². The van der Waals surface area contributed by atoms with Crippen LogP contribution in [0.15, 0.2) is 72.8 Å². The summed E-state index contributed by atoms with van der Waals surface area (Å²) >= 11 is 4.67. The van der Waals surface area contributed by atoms with E-state index >= 15 is 0 Å². The second-order valence-electron chi connectivity index (χ2n) is 6.43. The minimum absolute atomic E-state index is 0.685. The van der Waals surface area contributed by atoms with Gasteiger partial charge in [0, 0.05) is 30.7 Å². The zero-order chi connectivity index (χ0) is 19.2. The summed E-state index contributed by atoms with van der Waals surface area (Å²) in [6.07, 6.45) is 0. The van der Waals surface area contributed by atoms with Crippen LogP contribution in [0, 0.1) is 7.14 Å². The van der Waals surface area contributed by atoms with E-state index in [0.717, 1.165) is 29.4 Å². The Morgan fingerprint density at radius 1 is 0.667 bits per heavy atom. The predicted molar refractivity (Wildman–Crippen MR) is 131 cm³/mol. The maximum absolute atomic E-state index is 5.83. The predicted octanol–water partition coefficient (Wildman–Crippen LogP) is 6.31. The van der Waals surface area contributed by atoms with E-state index in [9.17, 15) is 0 Å². The largest absolute Gasteiger partial charge is 0.492 e. The van der Waals surface area contributed by atoms with E-state index < -0.39 is 0 Å². The second-order valence-corrected chi connectivity index (χ2v) is 8.93. The quantitative estimate of drug-likeness (QED) is 0.303. The zero-order valence-electron chi connectivity index (χ0n) is 15.4. The summed E-state index contributed by atoms with van der Waals surface area (Å²) in [6, 6.07) is 25.5. The highest BCUT2D eigenvalue weighted by atomic mass is 127. The van der Waals surface area contributed by atoms with Gasteiger partial charge in [-0.3, -0.25) is 0 Å². The van der Waals surface area contributed by atoms with Gasteiger partial charge in [0.05, 0.1) is 0 Å². The fraction of sp³-hybridized carbons (Fsp3) is 0.182. The lowest BCUT2D eigenvalue weighted by atomic mass is 10.2. The average Bonchev–Trinajstić information content (AvgIpc) is 2.66. The zero-order valence-corrected chi connectivity index (χ0v) is 19.7. The van der Waals surface area contributed by atoms with Crippen LogP contribution in [0.25, 0.3) is 0 Å². The minimum Gasteiger partial charge on any atom is -0.492 e. The maximum atomic E-state index is 5.83. The van der Waals surface area contributed by atoms with Gasteiger partial charge in [0.15, 0.2) is 0 Å². The molecule has 27 heavy (non-hydrogen) atoms. The topological polar surface area (TPSA) is 15.7 Å². The summed E-state index contributed by atoms with van der Waals surface area (Å²) in [5.41, 5.74) is 3.38. The third-order valence-corrected chi connectivity index (χ3v) is 5.51. The molecule has 5 heteroatoms. The van der Waals surface area contributed by atoms with Crippen LogP contribution in [0.5, 0.6) is 5.75 Å². The van der Waals surface area contributed by atoms with Gasteiger partial charge in [-0.25, -0.2) is 0 Å². The van der Waals surface area contributed by atoms with Crippen LogP contribution in [0.3, 0.4) is 0 Å². The Morgan fingerprint density at radius 3 is 1.48 bits per heavy atom. The first-order valence-corrected chi connectivity index (χ1v) is 10.9. The van der Waals surface area contributed by atoms with Gasteiger partial charge < -0.3 is 14.5 Å². The molecule has 3 rings (SSSR count). The number of hydrogen-bond donors (Lipinski definition) is 0. The van der Waals surface area contributed by atoms with Crippen molar-refractivity contribution in [3.05, 3.63) is 79.9 Å². The Balaban J connectivity index is 1.88. The molecule has 0 spiro atoms. The molecular formula is C22H22I2N2O. The molecule has 3 aromatic rings. The Bertz CT molecular complexity index is 801. The summed E-state index contributed by atoms with van der Waals surface area (Å²) in [5, 5.41) is 0. The van der Waals surface area contributed by atoms with Crippen molar-refractivity contribution in [1.29, 1.82) is 0 Å². The summed E-state index contributed by atoms with van der Waals surface area (Å²) in [7, 11) is 4.10. The first-order valence-electron chi connectivity index (χ1n) is 8.72. The first-order chi connectivity index (χ1) is 13.0. The third-order valence-electron chi connectivity index (χ3n) is 4.07. The molecule has 0 amide bonds. The SMILES string of the molecule is CN(C)CCOc1ccc(N(c2ccc(I)cc2)c2ccc(I)cc2)cc1. The van der Waals surface area contributed by atoms with E-state index in [1.54, 1.807) is 0 Å². The van der Waals surface area contributed by atoms with E-state index in [4.69, 9.17) is 4.74 Å². The molecule has 3 aromatic carbocycles. The summed E-state index contributed by atoms with van der Waals surface area (Å²) < 4.78 is 8.28. The molecule has 0 aliphatic carbocycles. The van der Waals surface area contributed by atoms with Crippen LogP contribution in [0.4, 0.5) is 17.1 Å². The molecule has 0 aliphatic heterocycles. The molecule has 0 aromatic heterocycles. The lowest BCUT2D eigenvalue weighted by Gasteiger charge is -2.25. The molecule has 0 bridgehead atoms. The number of likely N-dealkylation sites (N-methyl/N-ethyl adjacent to an activating group) is 1. The molecule has 140 valence electrons. The van der Waals surface area contributed by atoms with Crippen molar-refractivity contribution in [3.63, 3.8) is 0 Å². The van der Waals surface area contributed by atoms with Crippen LogP contribution in [0.2, 0.25) is 0 Å². The summed E-state index contributed by atoms with van der Waals surface area (Å²) in [4.78, 5) is 4.37. The number of ether oxygens (including phenoxy) is 1. The van der Waals surface area contributed by atoms with Gasteiger partial charge in [0.25, 0.3) is 0 Å². The lowest BCUT2D eigenvalue weighted by Crippen LogP contribution is -2.19. The molecule has 0 saturated heterocycles. The van der Waals surface area contributed by atoms with Crippen molar-refractivity contribution in [2.75, 3.05) is 32.1 Å². The van der Waals surface area contributed by atoms with Gasteiger partial charge >= 0.3 is 0 Å². The monoisotopic (exact) mass is 584 g/mol. The van der Waals surface area contributed by atoms with Crippen molar-refractivity contribution >= 4 is 62.2 Å². The van der Waals surface area contributed by atoms with Gasteiger partial charge in [0.1, 0.15) is 12.4 Å². The Kier molecular flexibility index (Phi) is 7.37. The summed E-state index contributed by atoms with van der Waals surface area (Å²) in [5.74, 6) is 0.894. The molecule has 3 nitrogen and oxygen atoms in total. The number of hydrogen-bond acceptors (Lipinski definition) is 3. The second kappa shape index (κ2) is 9.75. The minimum atomic E-state index is 0.685. The molecule has 0 saturated carbocycles. The molecule has 0 N–H and O–H groups in total. The van der Waals surface area contributed by atoms with E-state index in [1.807, 2.05) is 26.2 Å². The van der Waals surface area contributed by atoms with Crippen LogP contribution in [-0.4, -0.2) is 32.1 Å². The molecule has 0 atom stereocenters. The highest BCUT2D eigenvalue weighted by Gasteiger charge is 2.12. The molecule has 0 heterocycles. The van der Waals surface area contributed by atoms with Crippen LogP contribution in [0.1, 0.15) is 0 Å². The Morgan fingerprint density at radius 2 is 1.07 bits per heavy atom. The number of anilines is 3. The third kappa shape index (κ3) is 5.83. The smallest absolute Gasteiger partial charge is 0.119 e. The van der Waals surface area contributed by atoms with E-state index in [-0.39, 0.29) is 0 Å². The van der Waals surface area contributed by atoms with Crippen LogP contribution in [-0.2, 0) is 0 Å². The van der Waals surface area contributed by atoms with Crippen molar-refractivity contribution in [1.82, 2.24) is 4.90 Å². The number of nitrogens with zero attached hydrogens (tertiary/aromatic N) is 2. The van der Waals surface area contributed by atoms with Crippen LogP contribution < -0.4 is 9.64 Å². The van der Waals surface area contributed by atoms with Gasteiger partial charge in [-0.2, -0.15) is 0 Å². The fourth-order valence-corrected chi connectivity index (χ4v) is 3.38. The van der Waals surface area contributed by atoms with Gasteiger partial charge in [-0.1, -0.05) is 0 Å². The van der Waals surface area contributed by atoms with E-state index in [1.165, 1.54) is 7.14 Å². The van der Waals surface area contributed by atoms with E-state index in [2.05, 4.69) is 116 Å². The lowest BCUT2D eigenvalue weighted by molar-refractivity contribution is 0.261. The molecule has 0 fully saturated rings. The molecular weight excluding hydrogens is 562 g/mol. The Hall–Kier alpha value is -1.32.